The smallest absolute Gasteiger partial charge is 0.338 e. The maximum atomic E-state index is 13.7. The van der Waals surface area contributed by atoms with Crippen LogP contribution in [-0.4, -0.2) is 49.8 Å². The summed E-state index contributed by atoms with van der Waals surface area (Å²) < 4.78 is 32.3. The van der Waals surface area contributed by atoms with Crippen LogP contribution in [0.25, 0.3) is 0 Å². The number of esters is 1. The summed E-state index contributed by atoms with van der Waals surface area (Å²) in [4.78, 5) is 15.8. The van der Waals surface area contributed by atoms with Crippen LogP contribution in [0.2, 0.25) is 0 Å². The highest BCUT2D eigenvalue weighted by Crippen LogP contribution is 2.32. The minimum absolute atomic E-state index is 0.217. The summed E-state index contributed by atoms with van der Waals surface area (Å²) in [6.07, 6.45) is 0.882. The van der Waals surface area contributed by atoms with E-state index in [1.54, 1.807) is 13.8 Å². The van der Waals surface area contributed by atoms with E-state index in [4.69, 9.17) is 17.0 Å². The monoisotopic (exact) mass is 398 g/mol. The second-order valence-corrected chi connectivity index (χ2v) is 7.12. The average Bonchev–Trinajstić information content (AvgIpc) is 2.59. The molecule has 27 heavy (non-hydrogen) atoms. The second kappa shape index (κ2) is 9.23. The molecule has 1 aliphatic heterocycles. The lowest BCUT2D eigenvalue weighted by molar-refractivity contribution is -0.858. The molecule has 0 saturated carbocycles. The standard InChI is InChI=1S/C19H25F2N3O2S/c1-5-26-18(25)16-12(2)24(10-6-9-23(3)4)19(27)22-17(16)13-7-8-14(20)15(21)11-13/h7-8,11,17H,5-6,9-10H2,1-4H3,(H,22,27)/p+1/t17-/m1/s1. The van der Waals surface area contributed by atoms with Gasteiger partial charge in [0, 0.05) is 18.7 Å². The second-order valence-electron chi connectivity index (χ2n) is 6.74. The Morgan fingerprint density at radius 2 is 2.04 bits per heavy atom. The Morgan fingerprint density at radius 3 is 2.63 bits per heavy atom. The first-order valence-electron chi connectivity index (χ1n) is 8.96. The number of hydrogen-bond acceptors (Lipinski definition) is 3. The van der Waals surface area contributed by atoms with Crippen LogP contribution in [0.4, 0.5) is 8.78 Å². The molecule has 8 heteroatoms. The normalized spacial score (nSPS) is 17.4. The first-order chi connectivity index (χ1) is 12.8. The average molecular weight is 398 g/mol. The van der Waals surface area contributed by atoms with Gasteiger partial charge in [-0.3, -0.25) is 0 Å². The molecule has 0 saturated heterocycles. The van der Waals surface area contributed by atoms with E-state index < -0.39 is 23.6 Å². The maximum Gasteiger partial charge on any atom is 0.338 e. The summed E-state index contributed by atoms with van der Waals surface area (Å²) in [5.41, 5.74) is 1.44. The molecule has 2 N–H and O–H groups in total. The number of quaternary nitrogens is 1. The van der Waals surface area contributed by atoms with Gasteiger partial charge in [-0.1, -0.05) is 6.07 Å². The highest BCUT2D eigenvalue weighted by Gasteiger charge is 2.35. The zero-order chi connectivity index (χ0) is 20.1. The quantitative estimate of drug-likeness (QED) is 0.539. The van der Waals surface area contributed by atoms with Crippen LogP contribution in [0.15, 0.2) is 29.5 Å². The molecule has 0 radical (unpaired) electrons. The van der Waals surface area contributed by atoms with Gasteiger partial charge in [-0.15, -0.1) is 0 Å². The molecule has 1 aliphatic rings. The number of nitrogens with one attached hydrogen (secondary N) is 2. The molecule has 0 fully saturated rings. The number of rotatable bonds is 7. The van der Waals surface area contributed by atoms with Gasteiger partial charge in [0.25, 0.3) is 0 Å². The van der Waals surface area contributed by atoms with E-state index in [-0.39, 0.29) is 6.61 Å². The van der Waals surface area contributed by atoms with Gasteiger partial charge in [-0.05, 0) is 43.8 Å². The molecule has 0 amide bonds. The largest absolute Gasteiger partial charge is 0.463 e. The fraction of sp³-hybridized carbons (Fsp3) is 0.474. The van der Waals surface area contributed by atoms with Gasteiger partial charge >= 0.3 is 5.97 Å². The van der Waals surface area contributed by atoms with Crippen LogP contribution >= 0.6 is 12.2 Å². The van der Waals surface area contributed by atoms with Gasteiger partial charge in [-0.2, -0.15) is 0 Å². The van der Waals surface area contributed by atoms with Crippen molar-refractivity contribution in [2.75, 3.05) is 33.8 Å². The fourth-order valence-corrected chi connectivity index (χ4v) is 3.40. The molecule has 0 aromatic heterocycles. The lowest BCUT2D eigenvalue weighted by Crippen LogP contribution is -3.05. The van der Waals surface area contributed by atoms with Crippen LogP contribution in [-0.2, 0) is 9.53 Å². The summed E-state index contributed by atoms with van der Waals surface area (Å²) >= 11 is 5.48. The highest BCUT2D eigenvalue weighted by atomic mass is 32.1. The Bertz CT molecular complexity index is 752. The first-order valence-corrected chi connectivity index (χ1v) is 9.37. The molecule has 1 atom stereocenters. The van der Waals surface area contributed by atoms with E-state index in [1.165, 1.54) is 11.0 Å². The number of allylic oxidation sites excluding steroid dienone is 1. The van der Waals surface area contributed by atoms with Crippen molar-refractivity contribution in [3.05, 3.63) is 46.7 Å². The molecule has 148 valence electrons. The van der Waals surface area contributed by atoms with Gasteiger partial charge in [0.05, 0.1) is 38.9 Å². The lowest BCUT2D eigenvalue weighted by atomic mass is 9.94. The Hall–Kier alpha value is -2.06. The minimum atomic E-state index is -0.975. The summed E-state index contributed by atoms with van der Waals surface area (Å²) in [7, 11) is 4.14. The molecule has 0 unspecified atom stereocenters. The third kappa shape index (κ3) is 5.01. The van der Waals surface area contributed by atoms with E-state index in [2.05, 4.69) is 19.4 Å². The van der Waals surface area contributed by atoms with E-state index in [9.17, 15) is 13.6 Å². The number of carbonyl (C=O) groups excluding carboxylic acids is 1. The van der Waals surface area contributed by atoms with Gasteiger partial charge in [0.1, 0.15) is 0 Å². The third-order valence-corrected chi connectivity index (χ3v) is 4.77. The SMILES string of the molecule is CCOC(=O)C1=C(C)N(CCC[NH+](C)C)C(=S)N[C@@H]1c1ccc(F)c(F)c1. The van der Waals surface area contributed by atoms with Crippen LogP contribution < -0.4 is 10.2 Å². The van der Waals surface area contributed by atoms with Crippen LogP contribution in [0, 0.1) is 11.6 Å². The van der Waals surface area contributed by atoms with Crippen molar-refractivity contribution in [2.24, 2.45) is 0 Å². The summed E-state index contributed by atoms with van der Waals surface area (Å²) in [6.45, 7) is 5.34. The van der Waals surface area contributed by atoms with Crippen LogP contribution in [0.3, 0.4) is 0 Å². The minimum Gasteiger partial charge on any atom is -0.463 e. The number of benzene rings is 1. The lowest BCUT2D eigenvalue weighted by Gasteiger charge is -2.37. The maximum absolute atomic E-state index is 13.7. The molecule has 1 heterocycles. The highest BCUT2D eigenvalue weighted by molar-refractivity contribution is 7.80. The van der Waals surface area contributed by atoms with Crippen molar-refractivity contribution in [2.45, 2.75) is 26.3 Å². The van der Waals surface area contributed by atoms with Crippen LogP contribution in [0.5, 0.6) is 0 Å². The zero-order valence-electron chi connectivity index (χ0n) is 16.1. The molecule has 0 aliphatic carbocycles. The van der Waals surface area contributed by atoms with Crippen molar-refractivity contribution in [3.8, 4) is 0 Å². The van der Waals surface area contributed by atoms with E-state index >= 15 is 0 Å². The summed E-state index contributed by atoms with van der Waals surface area (Å²) in [5.74, 6) is -2.41. The Labute approximate surface area is 164 Å². The van der Waals surface area contributed by atoms with E-state index in [1.807, 2.05) is 4.90 Å². The van der Waals surface area contributed by atoms with Gasteiger partial charge < -0.3 is 19.9 Å². The number of hydrogen-bond donors (Lipinski definition) is 2. The zero-order valence-corrected chi connectivity index (χ0v) is 16.9. The number of nitrogens with zero attached hydrogens (tertiary/aromatic N) is 1. The molecule has 1 aromatic rings. The Morgan fingerprint density at radius 1 is 1.33 bits per heavy atom. The van der Waals surface area contributed by atoms with Crippen molar-refractivity contribution in [1.29, 1.82) is 0 Å². The first kappa shape index (κ1) is 21.2. The molecule has 0 bridgehead atoms. The Kier molecular flexibility index (Phi) is 7.26. The summed E-state index contributed by atoms with van der Waals surface area (Å²) in [5, 5.41) is 3.54. The van der Waals surface area contributed by atoms with Crippen molar-refractivity contribution in [3.63, 3.8) is 0 Å². The molecular weight excluding hydrogens is 372 g/mol. The van der Waals surface area contributed by atoms with Gasteiger partial charge in [-0.25, -0.2) is 13.6 Å². The Balaban J connectivity index is 2.41. The van der Waals surface area contributed by atoms with Crippen molar-refractivity contribution in [1.82, 2.24) is 10.2 Å². The van der Waals surface area contributed by atoms with Gasteiger partial charge in [0.2, 0.25) is 0 Å². The third-order valence-electron chi connectivity index (χ3n) is 4.43. The number of halogens is 2. The molecule has 1 aromatic carbocycles. The van der Waals surface area contributed by atoms with Crippen molar-refractivity contribution >= 4 is 23.3 Å². The molecule has 0 spiro atoms. The van der Waals surface area contributed by atoms with Gasteiger partial charge in [0.15, 0.2) is 16.7 Å². The molecule has 5 nitrogen and oxygen atoms in total. The predicted octanol–water partition coefficient (Wildman–Crippen LogP) is 1.57. The fourth-order valence-electron chi connectivity index (χ4n) is 3.06. The number of ether oxygens (including phenoxy) is 1. The van der Waals surface area contributed by atoms with Crippen LogP contribution in [0.1, 0.15) is 31.9 Å². The summed E-state index contributed by atoms with van der Waals surface area (Å²) in [6, 6.07) is 2.87. The van der Waals surface area contributed by atoms with E-state index in [0.717, 1.165) is 25.1 Å². The number of carbonyl (C=O) groups is 1. The predicted molar refractivity (Wildman–Crippen MR) is 103 cm³/mol. The van der Waals surface area contributed by atoms with E-state index in [0.29, 0.717) is 28.5 Å². The molecule has 2 rings (SSSR count). The van der Waals surface area contributed by atoms with Crippen molar-refractivity contribution < 1.29 is 23.2 Å². The topological polar surface area (TPSA) is 46.0 Å². The molecular formula is C19H26F2N3O2S+. The number of thiocarbonyl (C=S) groups is 1.